The highest BCUT2D eigenvalue weighted by Crippen LogP contribution is 2.35. The van der Waals surface area contributed by atoms with Crippen LogP contribution < -0.4 is 4.72 Å². The van der Waals surface area contributed by atoms with Crippen LogP contribution in [0, 0.1) is 0 Å². The van der Waals surface area contributed by atoms with Crippen LogP contribution in [0.3, 0.4) is 0 Å². The summed E-state index contributed by atoms with van der Waals surface area (Å²) in [5.41, 5.74) is 0.187. The van der Waals surface area contributed by atoms with E-state index in [2.05, 4.69) is 19.8 Å². The molecule has 7 nitrogen and oxygen atoms in total. The Morgan fingerprint density at radius 2 is 2.21 bits per heavy atom. The number of sulfonamides is 1. The third kappa shape index (κ3) is 2.66. The van der Waals surface area contributed by atoms with Crippen molar-refractivity contribution in [3.8, 4) is 0 Å². The maximum absolute atomic E-state index is 12.2. The molecular weight excluding hydrogens is 268 g/mol. The van der Waals surface area contributed by atoms with Gasteiger partial charge in [-0.05, 0) is 33.4 Å². The van der Waals surface area contributed by atoms with Crippen molar-refractivity contribution in [3.05, 3.63) is 11.8 Å². The van der Waals surface area contributed by atoms with Crippen molar-refractivity contribution in [2.75, 3.05) is 20.6 Å². The van der Waals surface area contributed by atoms with E-state index in [4.69, 9.17) is 5.11 Å². The van der Waals surface area contributed by atoms with E-state index >= 15 is 0 Å². The predicted molar refractivity (Wildman–Crippen MR) is 70.0 cm³/mol. The van der Waals surface area contributed by atoms with Crippen molar-refractivity contribution < 1.29 is 13.5 Å². The minimum absolute atomic E-state index is 0.0526. The normalized spacial score (nSPS) is 18.5. The Morgan fingerprint density at radius 3 is 2.68 bits per heavy atom. The lowest BCUT2D eigenvalue weighted by Crippen LogP contribution is -2.57. The summed E-state index contributed by atoms with van der Waals surface area (Å²) < 4.78 is 26.9. The number of hydrogen-bond donors (Lipinski definition) is 3. The second-order valence-corrected chi connectivity index (χ2v) is 6.88. The molecule has 1 aromatic rings. The van der Waals surface area contributed by atoms with E-state index in [1.54, 1.807) is 0 Å². The second kappa shape index (κ2) is 5.20. The molecule has 2 rings (SSSR count). The van der Waals surface area contributed by atoms with Gasteiger partial charge in [-0.25, -0.2) is 13.1 Å². The van der Waals surface area contributed by atoms with E-state index in [1.807, 2.05) is 14.1 Å². The Hall–Kier alpha value is -0.960. The third-order valence-electron chi connectivity index (χ3n) is 3.94. The van der Waals surface area contributed by atoms with Gasteiger partial charge in [-0.3, -0.25) is 5.10 Å². The van der Waals surface area contributed by atoms with Crippen LogP contribution in [0.4, 0.5) is 0 Å². The molecule has 8 heteroatoms. The highest BCUT2D eigenvalue weighted by molar-refractivity contribution is 7.89. The standard InChI is InChI=1S/C11H20N4O3S/c1-15(2)11(4-3-5-11)8-13-19(17,18)10-9(7-16)6-12-14-10/h6,13,16H,3-5,7-8H2,1-2H3,(H,12,14). The Morgan fingerprint density at radius 1 is 1.53 bits per heavy atom. The number of aromatic amines is 1. The maximum atomic E-state index is 12.2. The number of H-pyrrole nitrogens is 1. The number of nitrogens with one attached hydrogen (secondary N) is 2. The average molecular weight is 288 g/mol. The van der Waals surface area contributed by atoms with Gasteiger partial charge < -0.3 is 10.0 Å². The predicted octanol–water partition coefficient (Wildman–Crippen LogP) is -0.335. The van der Waals surface area contributed by atoms with Gasteiger partial charge in [-0.15, -0.1) is 0 Å². The summed E-state index contributed by atoms with van der Waals surface area (Å²) in [6, 6.07) is 0. The number of rotatable bonds is 6. The lowest BCUT2D eigenvalue weighted by atomic mass is 9.76. The maximum Gasteiger partial charge on any atom is 0.257 e. The van der Waals surface area contributed by atoms with Crippen molar-refractivity contribution >= 4 is 10.0 Å². The van der Waals surface area contributed by atoms with Crippen LogP contribution in [0.5, 0.6) is 0 Å². The van der Waals surface area contributed by atoms with Gasteiger partial charge >= 0.3 is 0 Å². The van der Waals surface area contributed by atoms with Crippen molar-refractivity contribution in [2.45, 2.75) is 36.4 Å². The van der Waals surface area contributed by atoms with Crippen LogP contribution in [-0.4, -0.2) is 54.8 Å². The highest BCUT2D eigenvalue weighted by Gasteiger charge is 2.40. The molecule has 0 radical (unpaired) electrons. The Labute approximate surface area is 113 Å². The molecule has 0 saturated heterocycles. The molecular formula is C11H20N4O3S. The number of nitrogens with zero attached hydrogens (tertiary/aromatic N) is 2. The van der Waals surface area contributed by atoms with Crippen LogP contribution in [0.25, 0.3) is 0 Å². The van der Waals surface area contributed by atoms with Gasteiger partial charge in [-0.2, -0.15) is 5.10 Å². The topological polar surface area (TPSA) is 98.3 Å². The van der Waals surface area contributed by atoms with Crippen LogP contribution >= 0.6 is 0 Å². The summed E-state index contributed by atoms with van der Waals surface area (Å²) in [5.74, 6) is 0. The number of aliphatic hydroxyl groups excluding tert-OH is 1. The monoisotopic (exact) mass is 288 g/mol. The van der Waals surface area contributed by atoms with E-state index in [-0.39, 0.29) is 22.7 Å². The fraction of sp³-hybridized carbons (Fsp3) is 0.727. The molecule has 0 atom stereocenters. The van der Waals surface area contributed by atoms with Gasteiger partial charge in [0.05, 0.1) is 12.8 Å². The molecule has 1 fully saturated rings. The van der Waals surface area contributed by atoms with E-state index in [0.717, 1.165) is 19.3 Å². The Bertz CT molecular complexity index is 534. The molecule has 1 heterocycles. The molecule has 19 heavy (non-hydrogen) atoms. The fourth-order valence-corrected chi connectivity index (χ4v) is 3.55. The Balaban J connectivity index is 2.10. The van der Waals surface area contributed by atoms with Gasteiger partial charge in [-0.1, -0.05) is 0 Å². The number of aromatic nitrogens is 2. The zero-order chi connectivity index (χ0) is 14.1. The van der Waals surface area contributed by atoms with E-state index in [9.17, 15) is 8.42 Å². The summed E-state index contributed by atoms with van der Waals surface area (Å²) in [4.78, 5) is 2.07. The molecule has 0 amide bonds. The van der Waals surface area contributed by atoms with E-state index < -0.39 is 10.0 Å². The van der Waals surface area contributed by atoms with E-state index in [0.29, 0.717) is 6.54 Å². The van der Waals surface area contributed by atoms with Crippen LogP contribution in [-0.2, 0) is 16.6 Å². The SMILES string of the molecule is CN(C)C1(CNS(=O)(=O)c2[nH]ncc2CO)CCC1. The summed E-state index contributed by atoms with van der Waals surface area (Å²) in [6.45, 7) is 0.0117. The second-order valence-electron chi connectivity index (χ2n) is 5.18. The minimum Gasteiger partial charge on any atom is -0.392 e. The third-order valence-corrected chi connectivity index (χ3v) is 5.36. The molecule has 3 N–H and O–H groups in total. The Kier molecular flexibility index (Phi) is 3.95. The first-order valence-corrected chi connectivity index (χ1v) is 7.70. The largest absolute Gasteiger partial charge is 0.392 e. The molecule has 1 aliphatic rings. The summed E-state index contributed by atoms with van der Waals surface area (Å²) in [5, 5.41) is 15.1. The average Bonchev–Trinajstić information content (AvgIpc) is 2.75. The first-order chi connectivity index (χ1) is 8.91. The minimum atomic E-state index is -3.66. The van der Waals surface area contributed by atoms with Gasteiger partial charge in [0.2, 0.25) is 0 Å². The van der Waals surface area contributed by atoms with Gasteiger partial charge in [0.25, 0.3) is 10.0 Å². The van der Waals surface area contributed by atoms with Crippen molar-refractivity contribution in [1.29, 1.82) is 0 Å². The molecule has 0 unspecified atom stereocenters. The van der Waals surface area contributed by atoms with Gasteiger partial charge in [0, 0.05) is 17.6 Å². The summed E-state index contributed by atoms with van der Waals surface area (Å²) in [6.07, 6.45) is 4.40. The fourth-order valence-electron chi connectivity index (χ4n) is 2.31. The zero-order valence-electron chi connectivity index (χ0n) is 11.2. The molecule has 108 valence electrons. The molecule has 0 bridgehead atoms. The molecule has 0 aliphatic heterocycles. The van der Waals surface area contributed by atoms with Crippen LogP contribution in [0.1, 0.15) is 24.8 Å². The lowest BCUT2D eigenvalue weighted by Gasteiger charge is -2.47. The molecule has 1 aromatic heterocycles. The van der Waals surface area contributed by atoms with Crippen LogP contribution in [0.15, 0.2) is 11.2 Å². The first kappa shape index (κ1) is 14.4. The van der Waals surface area contributed by atoms with Gasteiger partial charge in [0.1, 0.15) is 0 Å². The first-order valence-electron chi connectivity index (χ1n) is 6.21. The number of hydrogen-bond acceptors (Lipinski definition) is 5. The summed E-state index contributed by atoms with van der Waals surface area (Å²) in [7, 11) is 0.265. The summed E-state index contributed by atoms with van der Waals surface area (Å²) >= 11 is 0. The van der Waals surface area contributed by atoms with Gasteiger partial charge in [0.15, 0.2) is 5.03 Å². The van der Waals surface area contributed by atoms with Crippen molar-refractivity contribution in [2.24, 2.45) is 0 Å². The number of likely N-dealkylation sites (N-methyl/N-ethyl adjacent to an activating group) is 1. The smallest absolute Gasteiger partial charge is 0.257 e. The van der Waals surface area contributed by atoms with E-state index in [1.165, 1.54) is 6.20 Å². The molecule has 0 spiro atoms. The number of aliphatic hydroxyl groups is 1. The highest BCUT2D eigenvalue weighted by atomic mass is 32.2. The molecule has 1 aliphatic carbocycles. The lowest BCUT2D eigenvalue weighted by molar-refractivity contribution is 0.0656. The van der Waals surface area contributed by atoms with Crippen molar-refractivity contribution in [3.63, 3.8) is 0 Å². The van der Waals surface area contributed by atoms with Crippen LogP contribution in [0.2, 0.25) is 0 Å². The van der Waals surface area contributed by atoms with Crippen molar-refractivity contribution in [1.82, 2.24) is 19.8 Å². The zero-order valence-corrected chi connectivity index (χ0v) is 12.0. The molecule has 0 aromatic carbocycles. The quantitative estimate of drug-likeness (QED) is 0.665. The molecule has 1 saturated carbocycles.